The zero-order valence-electron chi connectivity index (χ0n) is 20.9. The van der Waals surface area contributed by atoms with E-state index in [9.17, 15) is 9.59 Å². The van der Waals surface area contributed by atoms with Crippen LogP contribution in [0.15, 0.2) is 24.3 Å². The molecular weight excluding hydrogens is 414 g/mol. The first-order valence-electron chi connectivity index (χ1n) is 12.9. The zero-order valence-corrected chi connectivity index (χ0v) is 20.9. The molecule has 33 heavy (non-hydrogen) atoms. The third-order valence-electron chi connectivity index (χ3n) is 7.11. The lowest BCUT2D eigenvalue weighted by atomic mass is 9.96. The van der Waals surface area contributed by atoms with Crippen LogP contribution in [-0.4, -0.2) is 92.1 Å². The smallest absolute Gasteiger partial charge is 0.319 e. The van der Waals surface area contributed by atoms with Gasteiger partial charge in [0, 0.05) is 70.5 Å². The van der Waals surface area contributed by atoms with E-state index in [1.54, 1.807) is 0 Å². The number of hydrogen-bond donors (Lipinski definition) is 1. The molecular formula is C26H43N5O2. The quantitative estimate of drug-likeness (QED) is 0.579. The van der Waals surface area contributed by atoms with Crippen molar-refractivity contribution in [3.05, 3.63) is 29.8 Å². The lowest BCUT2D eigenvalue weighted by molar-refractivity contribution is -0.126. The maximum Gasteiger partial charge on any atom is 0.319 e. The van der Waals surface area contributed by atoms with Gasteiger partial charge in [-0.3, -0.25) is 9.69 Å². The molecule has 184 valence electrons. The van der Waals surface area contributed by atoms with Gasteiger partial charge in [0.25, 0.3) is 0 Å². The summed E-state index contributed by atoms with van der Waals surface area (Å²) in [6, 6.07) is 8.87. The molecule has 2 aliphatic heterocycles. The molecule has 0 aromatic heterocycles. The van der Waals surface area contributed by atoms with Crippen LogP contribution < -0.4 is 10.2 Å². The predicted molar refractivity (Wildman–Crippen MR) is 135 cm³/mol. The zero-order chi connectivity index (χ0) is 23.6. The topological polar surface area (TPSA) is 59.1 Å². The molecule has 3 amide bonds. The number of piperazine rings is 1. The maximum absolute atomic E-state index is 12.5. The summed E-state index contributed by atoms with van der Waals surface area (Å²) in [7, 11) is 0. The number of rotatable bonds is 9. The fourth-order valence-electron chi connectivity index (χ4n) is 4.90. The summed E-state index contributed by atoms with van der Waals surface area (Å²) in [4.78, 5) is 33.8. The van der Waals surface area contributed by atoms with Crippen LogP contribution in [0.4, 0.5) is 10.5 Å². The molecule has 3 rings (SSSR count). The van der Waals surface area contributed by atoms with E-state index in [-0.39, 0.29) is 17.9 Å². The molecule has 0 spiro atoms. The molecule has 1 N–H and O–H groups in total. The van der Waals surface area contributed by atoms with Gasteiger partial charge in [-0.15, -0.1) is 0 Å². The first-order valence-corrected chi connectivity index (χ1v) is 12.9. The monoisotopic (exact) mass is 457 g/mol. The molecule has 0 aliphatic carbocycles. The van der Waals surface area contributed by atoms with Crippen molar-refractivity contribution < 1.29 is 9.59 Å². The number of nitrogens with zero attached hydrogens (tertiary/aromatic N) is 4. The Kier molecular flexibility index (Phi) is 9.85. The normalized spacial score (nSPS) is 17.8. The Balaban J connectivity index is 1.25. The first-order chi connectivity index (χ1) is 16.0. The molecule has 2 fully saturated rings. The van der Waals surface area contributed by atoms with Gasteiger partial charge in [0.05, 0.1) is 0 Å². The largest absolute Gasteiger partial charge is 0.369 e. The number of piperidine rings is 1. The van der Waals surface area contributed by atoms with Crippen molar-refractivity contribution in [1.82, 2.24) is 20.0 Å². The molecule has 7 nitrogen and oxygen atoms in total. The minimum atomic E-state index is 0.0421. The summed E-state index contributed by atoms with van der Waals surface area (Å²) < 4.78 is 0. The Labute approximate surface area is 200 Å². The van der Waals surface area contributed by atoms with E-state index in [4.69, 9.17) is 0 Å². The minimum Gasteiger partial charge on any atom is -0.369 e. The number of hydrogen-bond acceptors (Lipinski definition) is 4. The fraction of sp³-hybridized carbons (Fsp3) is 0.692. The molecule has 0 radical (unpaired) electrons. The van der Waals surface area contributed by atoms with Gasteiger partial charge in [-0.1, -0.05) is 12.1 Å². The molecule has 0 atom stereocenters. The van der Waals surface area contributed by atoms with Crippen LogP contribution in [0.5, 0.6) is 0 Å². The molecule has 1 aromatic carbocycles. The van der Waals surface area contributed by atoms with E-state index in [1.807, 2.05) is 23.6 Å². The number of urea groups is 1. The Bertz CT molecular complexity index is 751. The van der Waals surface area contributed by atoms with Gasteiger partial charge in [0.1, 0.15) is 0 Å². The summed E-state index contributed by atoms with van der Waals surface area (Å²) >= 11 is 0. The van der Waals surface area contributed by atoms with Gasteiger partial charge in [-0.05, 0) is 70.7 Å². The average Bonchev–Trinajstić information content (AvgIpc) is 2.85. The van der Waals surface area contributed by atoms with Crippen LogP contribution in [0.25, 0.3) is 0 Å². The molecule has 2 aliphatic rings. The number of nitrogens with one attached hydrogen (secondary N) is 1. The standard InChI is InChI=1S/C26H43N5O2/c1-4-29(5-2)26(33)31-15-11-23(12-16-31)25(32)27-13-6-7-14-28-17-19-30(20-18-28)24-10-8-9-22(3)21-24/h8-10,21,23H,4-7,11-20H2,1-3H3,(H,27,32). The predicted octanol–water partition coefficient (Wildman–Crippen LogP) is 3.19. The van der Waals surface area contributed by atoms with Crippen LogP contribution in [0, 0.1) is 12.8 Å². The SMILES string of the molecule is CCN(CC)C(=O)N1CCC(C(=O)NCCCCN2CCN(c3cccc(C)c3)CC2)CC1. The second-order valence-corrected chi connectivity index (χ2v) is 9.38. The number of carbonyl (C=O) groups is 2. The van der Waals surface area contributed by atoms with Crippen LogP contribution in [0.2, 0.25) is 0 Å². The maximum atomic E-state index is 12.5. The van der Waals surface area contributed by atoms with Gasteiger partial charge in [0.15, 0.2) is 0 Å². The van der Waals surface area contributed by atoms with Crippen LogP contribution in [0.3, 0.4) is 0 Å². The summed E-state index contributed by atoms with van der Waals surface area (Å²) in [6.07, 6.45) is 3.67. The van der Waals surface area contributed by atoms with Crippen molar-refractivity contribution in [2.75, 3.05) is 70.3 Å². The Morgan fingerprint density at radius 1 is 1.00 bits per heavy atom. The molecule has 0 bridgehead atoms. The minimum absolute atomic E-state index is 0.0421. The molecule has 7 heteroatoms. The van der Waals surface area contributed by atoms with Gasteiger partial charge in [0.2, 0.25) is 5.91 Å². The average molecular weight is 458 g/mol. The Morgan fingerprint density at radius 2 is 1.70 bits per heavy atom. The van der Waals surface area contributed by atoms with E-state index in [0.717, 1.165) is 78.0 Å². The van der Waals surface area contributed by atoms with E-state index < -0.39 is 0 Å². The van der Waals surface area contributed by atoms with E-state index in [1.165, 1.54) is 11.3 Å². The van der Waals surface area contributed by atoms with Crippen LogP contribution in [0.1, 0.15) is 45.1 Å². The van der Waals surface area contributed by atoms with Crippen molar-refractivity contribution in [2.45, 2.75) is 46.5 Å². The lowest BCUT2D eigenvalue weighted by Gasteiger charge is -2.36. The number of unbranched alkanes of at least 4 members (excludes halogenated alkanes) is 1. The number of aryl methyl sites for hydroxylation is 1. The van der Waals surface area contributed by atoms with Crippen LogP contribution >= 0.6 is 0 Å². The number of carbonyl (C=O) groups excluding carboxylic acids is 2. The summed E-state index contributed by atoms with van der Waals surface area (Å²) in [5.41, 5.74) is 2.65. The third kappa shape index (κ3) is 7.36. The highest BCUT2D eigenvalue weighted by molar-refractivity contribution is 5.79. The number of amides is 3. The van der Waals surface area contributed by atoms with Crippen molar-refractivity contribution >= 4 is 17.6 Å². The van der Waals surface area contributed by atoms with E-state index in [0.29, 0.717) is 13.1 Å². The van der Waals surface area contributed by atoms with Gasteiger partial charge >= 0.3 is 6.03 Å². The van der Waals surface area contributed by atoms with Gasteiger partial charge < -0.3 is 20.0 Å². The van der Waals surface area contributed by atoms with Crippen molar-refractivity contribution in [2.24, 2.45) is 5.92 Å². The summed E-state index contributed by atoms with van der Waals surface area (Å²) in [6.45, 7) is 15.2. The van der Waals surface area contributed by atoms with Crippen molar-refractivity contribution in [1.29, 1.82) is 0 Å². The molecule has 2 saturated heterocycles. The molecule has 0 saturated carbocycles. The number of anilines is 1. The highest BCUT2D eigenvalue weighted by Crippen LogP contribution is 2.19. The highest BCUT2D eigenvalue weighted by atomic mass is 16.2. The second kappa shape index (κ2) is 12.8. The number of likely N-dealkylation sites (tertiary alicyclic amines) is 1. The van der Waals surface area contributed by atoms with E-state index in [2.05, 4.69) is 46.3 Å². The van der Waals surface area contributed by atoms with Gasteiger partial charge in [-0.25, -0.2) is 4.79 Å². The molecule has 1 aromatic rings. The molecule has 2 heterocycles. The van der Waals surface area contributed by atoms with E-state index >= 15 is 0 Å². The Hall–Kier alpha value is -2.28. The summed E-state index contributed by atoms with van der Waals surface area (Å²) in [5, 5.41) is 3.13. The number of benzene rings is 1. The Morgan fingerprint density at radius 3 is 2.33 bits per heavy atom. The van der Waals surface area contributed by atoms with Crippen LogP contribution in [-0.2, 0) is 4.79 Å². The summed E-state index contributed by atoms with van der Waals surface area (Å²) in [5.74, 6) is 0.206. The van der Waals surface area contributed by atoms with Gasteiger partial charge in [-0.2, -0.15) is 0 Å². The van der Waals surface area contributed by atoms with Crippen molar-refractivity contribution in [3.63, 3.8) is 0 Å². The van der Waals surface area contributed by atoms with Crippen molar-refractivity contribution in [3.8, 4) is 0 Å². The lowest BCUT2D eigenvalue weighted by Crippen LogP contribution is -2.48. The first kappa shape index (κ1) is 25.3. The molecule has 0 unspecified atom stereocenters. The fourth-order valence-corrected chi connectivity index (χ4v) is 4.90. The third-order valence-corrected chi connectivity index (χ3v) is 7.11. The highest BCUT2D eigenvalue weighted by Gasteiger charge is 2.28. The second-order valence-electron chi connectivity index (χ2n) is 9.38.